The maximum absolute atomic E-state index is 11.5. The summed E-state index contributed by atoms with van der Waals surface area (Å²) in [5.74, 6) is 0.317. The Morgan fingerprint density at radius 2 is 1.94 bits per heavy atom. The van der Waals surface area contributed by atoms with Crippen molar-refractivity contribution >= 4 is 0 Å². The van der Waals surface area contributed by atoms with E-state index in [1.807, 2.05) is 0 Å². The summed E-state index contributed by atoms with van der Waals surface area (Å²) in [6, 6.07) is 1.20. The number of aliphatic hydroxyl groups excluding tert-OH is 4. The zero-order valence-electron chi connectivity index (χ0n) is 9.63. The lowest BCUT2D eigenvalue weighted by Gasteiger charge is -2.39. The molecule has 8 heteroatoms. The Morgan fingerprint density at radius 1 is 1.28 bits per heavy atom. The molecule has 0 aromatic carbocycles. The predicted molar refractivity (Wildman–Crippen MR) is 56.7 cm³/mol. The molecule has 1 aliphatic heterocycles. The molecule has 4 N–H and O–H groups in total. The number of aryl methyl sites for hydroxylation is 1. The van der Waals surface area contributed by atoms with Gasteiger partial charge in [0.05, 0.1) is 6.61 Å². The van der Waals surface area contributed by atoms with E-state index in [-0.39, 0.29) is 0 Å². The van der Waals surface area contributed by atoms with Crippen molar-refractivity contribution in [2.24, 2.45) is 0 Å². The molecule has 0 aliphatic carbocycles. The van der Waals surface area contributed by atoms with Gasteiger partial charge < -0.3 is 29.7 Å². The molecule has 102 valence electrons. The Balaban J connectivity index is 2.32. The summed E-state index contributed by atoms with van der Waals surface area (Å²) in [6.07, 6.45) is -6.91. The molecule has 8 nitrogen and oxygen atoms in total. The van der Waals surface area contributed by atoms with Gasteiger partial charge in [-0.05, 0) is 6.92 Å². The second-order valence-electron chi connectivity index (χ2n) is 4.23. The lowest BCUT2D eigenvalue weighted by atomic mass is 9.98. The van der Waals surface area contributed by atoms with Gasteiger partial charge in [0.25, 0.3) is 5.56 Å². The zero-order valence-corrected chi connectivity index (χ0v) is 9.63. The van der Waals surface area contributed by atoms with Crippen molar-refractivity contribution in [1.29, 1.82) is 0 Å². The van der Waals surface area contributed by atoms with Gasteiger partial charge in [-0.2, -0.15) is 0 Å². The third-order valence-corrected chi connectivity index (χ3v) is 2.88. The number of nitrogens with zero attached hydrogens (tertiary/aromatic N) is 1. The average molecular weight is 261 g/mol. The molecule has 1 aromatic rings. The standard InChI is InChI=1S/C10H15NO7/c1-4-2-6(13)11(18-4)10-9(16)8(15)7(14)5(3-12)17-10/h2,5,7-10,12,14-16H,3H2,1H3. The largest absolute Gasteiger partial charge is 0.394 e. The summed E-state index contributed by atoms with van der Waals surface area (Å²) in [4.78, 5) is 11.5. The first-order valence-corrected chi connectivity index (χ1v) is 5.45. The predicted octanol–water partition coefficient (Wildman–Crippen LogP) is -2.28. The number of aromatic nitrogens is 1. The molecule has 1 aromatic heterocycles. The minimum absolute atomic E-state index is 0.317. The minimum atomic E-state index is -1.54. The molecule has 0 spiro atoms. The van der Waals surface area contributed by atoms with E-state index in [2.05, 4.69) is 0 Å². The maximum Gasteiger partial charge on any atom is 0.285 e. The second-order valence-corrected chi connectivity index (χ2v) is 4.23. The summed E-state index contributed by atoms with van der Waals surface area (Å²) in [6.45, 7) is 0.984. The van der Waals surface area contributed by atoms with Crippen molar-refractivity contribution in [3.05, 3.63) is 22.2 Å². The van der Waals surface area contributed by atoms with E-state index in [4.69, 9.17) is 14.4 Å². The van der Waals surface area contributed by atoms with Crippen LogP contribution in [0.2, 0.25) is 0 Å². The molecule has 0 amide bonds. The summed E-state index contributed by atoms with van der Waals surface area (Å²) < 4.78 is 11.0. The molecule has 1 saturated heterocycles. The van der Waals surface area contributed by atoms with Crippen molar-refractivity contribution < 1.29 is 29.7 Å². The molecule has 1 fully saturated rings. The van der Waals surface area contributed by atoms with Gasteiger partial charge in [-0.25, -0.2) is 0 Å². The van der Waals surface area contributed by atoms with Crippen LogP contribution in [0.25, 0.3) is 0 Å². The van der Waals surface area contributed by atoms with Crippen LogP contribution >= 0.6 is 0 Å². The van der Waals surface area contributed by atoms with Crippen LogP contribution in [0.3, 0.4) is 0 Å². The first-order chi connectivity index (χ1) is 8.45. The van der Waals surface area contributed by atoms with Gasteiger partial charge >= 0.3 is 0 Å². The number of rotatable bonds is 2. The number of ether oxygens (including phenoxy) is 1. The molecular weight excluding hydrogens is 246 g/mol. The van der Waals surface area contributed by atoms with E-state index >= 15 is 0 Å². The van der Waals surface area contributed by atoms with E-state index in [9.17, 15) is 20.1 Å². The smallest absolute Gasteiger partial charge is 0.285 e. The van der Waals surface area contributed by atoms with Crippen molar-refractivity contribution in [2.45, 2.75) is 37.6 Å². The Bertz CT molecular complexity index is 465. The minimum Gasteiger partial charge on any atom is -0.394 e. The van der Waals surface area contributed by atoms with Gasteiger partial charge in [0.2, 0.25) is 0 Å². The Hall–Kier alpha value is -1.19. The summed E-state index contributed by atoms with van der Waals surface area (Å²) in [5, 5.41) is 37.9. The normalized spacial score (nSPS) is 36.8. The summed E-state index contributed by atoms with van der Waals surface area (Å²) in [7, 11) is 0. The van der Waals surface area contributed by atoms with Crippen LogP contribution in [-0.4, -0.2) is 56.2 Å². The van der Waals surface area contributed by atoms with Gasteiger partial charge in [0.1, 0.15) is 30.2 Å². The summed E-state index contributed by atoms with van der Waals surface area (Å²) >= 11 is 0. The monoisotopic (exact) mass is 261 g/mol. The average Bonchev–Trinajstić information content (AvgIpc) is 2.66. The fourth-order valence-corrected chi connectivity index (χ4v) is 1.92. The molecule has 1 aliphatic rings. The zero-order chi connectivity index (χ0) is 13.4. The topological polar surface area (TPSA) is 125 Å². The fourth-order valence-electron chi connectivity index (χ4n) is 1.92. The van der Waals surface area contributed by atoms with Crippen LogP contribution in [0.5, 0.6) is 0 Å². The molecule has 0 radical (unpaired) electrons. The van der Waals surface area contributed by atoms with Gasteiger partial charge in [-0.3, -0.25) is 4.79 Å². The van der Waals surface area contributed by atoms with Gasteiger partial charge in [0.15, 0.2) is 6.23 Å². The fraction of sp³-hybridized carbons (Fsp3) is 0.700. The Morgan fingerprint density at radius 3 is 2.44 bits per heavy atom. The van der Waals surface area contributed by atoms with Crippen LogP contribution in [-0.2, 0) is 4.74 Å². The summed E-state index contributed by atoms with van der Waals surface area (Å²) in [5.41, 5.74) is -0.545. The number of hydrogen-bond acceptors (Lipinski definition) is 7. The molecule has 0 saturated carbocycles. The lowest BCUT2D eigenvalue weighted by Crippen LogP contribution is -2.57. The third-order valence-electron chi connectivity index (χ3n) is 2.88. The van der Waals surface area contributed by atoms with Crippen molar-refractivity contribution in [2.75, 3.05) is 6.61 Å². The number of aliphatic hydroxyl groups is 4. The highest BCUT2D eigenvalue weighted by molar-refractivity contribution is 4.95. The van der Waals surface area contributed by atoms with Gasteiger partial charge in [0, 0.05) is 6.07 Å². The van der Waals surface area contributed by atoms with E-state index in [1.165, 1.54) is 6.07 Å². The highest BCUT2D eigenvalue weighted by Crippen LogP contribution is 2.27. The molecule has 5 atom stereocenters. The molecule has 0 bridgehead atoms. The number of hydrogen-bond donors (Lipinski definition) is 4. The van der Waals surface area contributed by atoms with Crippen LogP contribution in [0.15, 0.2) is 15.4 Å². The third kappa shape index (κ3) is 2.08. The van der Waals surface area contributed by atoms with E-state index in [1.54, 1.807) is 6.92 Å². The van der Waals surface area contributed by atoms with Crippen molar-refractivity contribution in [3.63, 3.8) is 0 Å². The van der Waals surface area contributed by atoms with E-state index < -0.39 is 42.8 Å². The first-order valence-electron chi connectivity index (χ1n) is 5.45. The van der Waals surface area contributed by atoms with E-state index in [0.717, 1.165) is 4.74 Å². The highest BCUT2D eigenvalue weighted by Gasteiger charge is 2.45. The SMILES string of the molecule is Cc1cc(=O)n(C2OC(CO)C(O)C(O)C2O)o1. The Labute approximate surface area is 102 Å². The quantitative estimate of drug-likeness (QED) is 0.472. The Kier molecular flexibility index (Phi) is 3.55. The highest BCUT2D eigenvalue weighted by atomic mass is 16.6. The molecule has 5 unspecified atom stereocenters. The van der Waals surface area contributed by atoms with Gasteiger partial charge in [-0.1, -0.05) is 0 Å². The first kappa shape index (κ1) is 13.2. The van der Waals surface area contributed by atoms with Crippen molar-refractivity contribution in [1.82, 2.24) is 4.74 Å². The van der Waals surface area contributed by atoms with Gasteiger partial charge in [-0.15, -0.1) is 4.74 Å². The molecule has 2 rings (SSSR count). The van der Waals surface area contributed by atoms with E-state index in [0.29, 0.717) is 5.76 Å². The van der Waals surface area contributed by atoms with Crippen LogP contribution in [0.1, 0.15) is 12.0 Å². The van der Waals surface area contributed by atoms with Crippen LogP contribution < -0.4 is 5.56 Å². The van der Waals surface area contributed by atoms with Crippen LogP contribution in [0.4, 0.5) is 0 Å². The maximum atomic E-state index is 11.5. The lowest BCUT2D eigenvalue weighted by molar-refractivity contribution is -0.264. The molecule has 18 heavy (non-hydrogen) atoms. The molecular formula is C10H15NO7. The second kappa shape index (κ2) is 4.82. The molecule has 2 heterocycles. The van der Waals surface area contributed by atoms with Crippen LogP contribution in [0, 0.1) is 6.92 Å². The van der Waals surface area contributed by atoms with Crippen molar-refractivity contribution in [3.8, 4) is 0 Å².